The van der Waals surface area contributed by atoms with Gasteiger partial charge in [-0.25, -0.2) is 9.97 Å². The molecule has 2 aliphatic heterocycles. The fraction of sp³-hybridized carbons (Fsp3) is 0.407. The number of nitrogens with zero attached hydrogens (tertiary/aromatic N) is 5. The summed E-state index contributed by atoms with van der Waals surface area (Å²) >= 11 is 0. The molecule has 8 heteroatoms. The van der Waals surface area contributed by atoms with Gasteiger partial charge in [0.2, 0.25) is 5.95 Å². The van der Waals surface area contributed by atoms with E-state index in [4.69, 9.17) is 0 Å². The minimum Gasteiger partial charge on any atom is -0.351 e. The molecule has 1 aromatic carbocycles. The lowest BCUT2D eigenvalue weighted by atomic mass is 10.2. The van der Waals surface area contributed by atoms with Crippen LogP contribution in [0.4, 0.5) is 11.6 Å². The maximum absolute atomic E-state index is 13.2. The van der Waals surface area contributed by atoms with E-state index in [0.717, 1.165) is 53.9 Å². The number of nitrogens with one attached hydrogen (secondary N) is 2. The zero-order valence-electron chi connectivity index (χ0n) is 20.5. The van der Waals surface area contributed by atoms with Crippen LogP contribution in [0.1, 0.15) is 55.7 Å². The molecule has 1 unspecified atom stereocenters. The number of hydrogen-bond acceptors (Lipinski definition) is 6. The summed E-state index contributed by atoms with van der Waals surface area (Å²) in [5, 5.41) is 4.26. The van der Waals surface area contributed by atoms with Crippen molar-refractivity contribution in [2.75, 3.05) is 31.5 Å². The molecule has 35 heavy (non-hydrogen) atoms. The number of aromatic nitrogens is 3. The van der Waals surface area contributed by atoms with Crippen molar-refractivity contribution in [2.45, 2.75) is 45.6 Å². The highest BCUT2D eigenvalue weighted by atomic mass is 16.2. The third-order valence-electron chi connectivity index (χ3n) is 6.82. The summed E-state index contributed by atoms with van der Waals surface area (Å²) in [6, 6.07) is 10.3. The van der Waals surface area contributed by atoms with E-state index in [1.807, 2.05) is 54.4 Å². The van der Waals surface area contributed by atoms with Gasteiger partial charge in [-0.1, -0.05) is 13.0 Å². The number of rotatable bonds is 7. The van der Waals surface area contributed by atoms with Crippen LogP contribution < -0.4 is 5.32 Å². The quantitative estimate of drug-likeness (QED) is 0.481. The minimum atomic E-state index is 0.0833. The average Bonchev–Trinajstić information content (AvgIpc) is 3.64. The summed E-state index contributed by atoms with van der Waals surface area (Å²) in [6.07, 6.45) is 10.0. The van der Waals surface area contributed by atoms with Crippen molar-refractivity contribution in [2.24, 2.45) is 4.99 Å². The molecule has 5 rings (SSSR count). The number of aromatic amines is 1. The van der Waals surface area contributed by atoms with Gasteiger partial charge in [-0.05, 0) is 76.0 Å². The van der Waals surface area contributed by atoms with E-state index in [9.17, 15) is 4.79 Å². The fourth-order valence-corrected chi connectivity index (χ4v) is 5.00. The first kappa shape index (κ1) is 23.2. The van der Waals surface area contributed by atoms with Gasteiger partial charge in [-0.2, -0.15) is 0 Å². The van der Waals surface area contributed by atoms with Crippen LogP contribution in [-0.2, 0) is 0 Å². The van der Waals surface area contributed by atoms with Crippen molar-refractivity contribution < 1.29 is 4.79 Å². The van der Waals surface area contributed by atoms with Gasteiger partial charge in [0, 0.05) is 48.1 Å². The van der Waals surface area contributed by atoms with Gasteiger partial charge in [0.1, 0.15) is 5.69 Å². The van der Waals surface area contributed by atoms with Crippen LogP contribution >= 0.6 is 0 Å². The van der Waals surface area contributed by atoms with Crippen molar-refractivity contribution in [3.05, 3.63) is 54.0 Å². The number of benzene rings is 1. The Balaban J connectivity index is 1.29. The summed E-state index contributed by atoms with van der Waals surface area (Å²) in [5.74, 6) is 0.588. The topological polar surface area (TPSA) is 89.5 Å². The van der Waals surface area contributed by atoms with Crippen molar-refractivity contribution in [1.82, 2.24) is 24.8 Å². The lowest BCUT2D eigenvalue weighted by Crippen LogP contribution is -2.37. The van der Waals surface area contributed by atoms with E-state index >= 15 is 0 Å². The Morgan fingerprint density at radius 1 is 1.23 bits per heavy atom. The second-order valence-corrected chi connectivity index (χ2v) is 9.21. The number of likely N-dealkylation sites (tertiary alicyclic amines) is 2. The number of amides is 1. The third-order valence-corrected chi connectivity index (χ3v) is 6.82. The molecule has 8 nitrogen and oxygen atoms in total. The number of allylic oxidation sites excluding steroid dienone is 1. The molecule has 2 fully saturated rings. The van der Waals surface area contributed by atoms with Gasteiger partial charge in [-0.3, -0.25) is 14.7 Å². The van der Waals surface area contributed by atoms with Crippen molar-refractivity contribution in [3.8, 4) is 0 Å². The SMILES string of the molecule is C/C=C(\N=CCC)c1ccnc(Nc2ccc3[nH]c(C(=O)N4CCC(N5CCCC5)C4)cc3c2)n1. The molecule has 2 aromatic heterocycles. The first-order chi connectivity index (χ1) is 17.1. The number of anilines is 2. The second-order valence-electron chi connectivity index (χ2n) is 9.21. The van der Waals surface area contributed by atoms with Gasteiger partial charge < -0.3 is 15.2 Å². The first-order valence-electron chi connectivity index (χ1n) is 12.6. The molecule has 0 saturated carbocycles. The van der Waals surface area contributed by atoms with E-state index in [2.05, 4.69) is 37.1 Å². The molecule has 2 aliphatic rings. The zero-order valence-corrected chi connectivity index (χ0v) is 20.5. The van der Waals surface area contributed by atoms with Crippen LogP contribution in [0.5, 0.6) is 0 Å². The summed E-state index contributed by atoms with van der Waals surface area (Å²) < 4.78 is 0. The Labute approximate surface area is 206 Å². The van der Waals surface area contributed by atoms with Crippen molar-refractivity contribution in [3.63, 3.8) is 0 Å². The Morgan fingerprint density at radius 3 is 2.89 bits per heavy atom. The number of carbonyl (C=O) groups is 1. The van der Waals surface area contributed by atoms with E-state index in [0.29, 0.717) is 17.7 Å². The highest BCUT2D eigenvalue weighted by molar-refractivity contribution is 5.99. The second kappa shape index (κ2) is 10.4. The molecule has 2 saturated heterocycles. The number of H-pyrrole nitrogens is 1. The normalized spacial score (nSPS) is 19.3. The predicted molar refractivity (Wildman–Crippen MR) is 141 cm³/mol. The van der Waals surface area contributed by atoms with Crippen LogP contribution in [-0.4, -0.2) is 69.1 Å². The molecule has 0 radical (unpaired) electrons. The van der Waals surface area contributed by atoms with E-state index in [-0.39, 0.29) is 5.91 Å². The third kappa shape index (κ3) is 5.12. The molecule has 4 heterocycles. The lowest BCUT2D eigenvalue weighted by Gasteiger charge is -2.23. The molecular weight excluding hydrogens is 438 g/mol. The summed E-state index contributed by atoms with van der Waals surface area (Å²) in [7, 11) is 0. The maximum atomic E-state index is 13.2. The van der Waals surface area contributed by atoms with Crippen LogP contribution in [0.15, 0.2) is 47.6 Å². The van der Waals surface area contributed by atoms with Gasteiger partial charge in [0.25, 0.3) is 5.91 Å². The summed E-state index contributed by atoms with van der Waals surface area (Å²) in [4.78, 5) is 34.5. The molecule has 1 atom stereocenters. The molecule has 0 spiro atoms. The number of hydrogen-bond donors (Lipinski definition) is 2. The lowest BCUT2D eigenvalue weighted by molar-refractivity contribution is 0.0775. The first-order valence-corrected chi connectivity index (χ1v) is 12.6. The van der Waals surface area contributed by atoms with Gasteiger partial charge in [-0.15, -0.1) is 0 Å². The number of carbonyl (C=O) groups excluding carboxylic acids is 1. The Bertz CT molecular complexity index is 1260. The average molecular weight is 472 g/mol. The van der Waals surface area contributed by atoms with Crippen molar-refractivity contribution >= 4 is 40.4 Å². The van der Waals surface area contributed by atoms with Crippen LogP contribution in [0, 0.1) is 0 Å². The molecule has 0 aliphatic carbocycles. The number of aliphatic imine (C=N–C) groups is 1. The molecule has 1 amide bonds. The van der Waals surface area contributed by atoms with E-state index in [1.165, 1.54) is 25.9 Å². The van der Waals surface area contributed by atoms with Gasteiger partial charge >= 0.3 is 0 Å². The smallest absolute Gasteiger partial charge is 0.270 e. The maximum Gasteiger partial charge on any atom is 0.270 e. The van der Waals surface area contributed by atoms with Gasteiger partial charge in [0.15, 0.2) is 0 Å². The van der Waals surface area contributed by atoms with E-state index < -0.39 is 0 Å². The van der Waals surface area contributed by atoms with Crippen LogP contribution in [0.2, 0.25) is 0 Å². The highest BCUT2D eigenvalue weighted by Crippen LogP contribution is 2.25. The van der Waals surface area contributed by atoms with Crippen LogP contribution in [0.3, 0.4) is 0 Å². The predicted octanol–water partition coefficient (Wildman–Crippen LogP) is 4.85. The zero-order chi connectivity index (χ0) is 24.2. The summed E-state index contributed by atoms with van der Waals surface area (Å²) in [5.41, 5.74) is 4.03. The Hall–Kier alpha value is -3.52. The summed E-state index contributed by atoms with van der Waals surface area (Å²) in [6.45, 7) is 7.99. The van der Waals surface area contributed by atoms with Crippen molar-refractivity contribution in [1.29, 1.82) is 0 Å². The fourth-order valence-electron chi connectivity index (χ4n) is 5.00. The molecule has 182 valence electrons. The Morgan fingerprint density at radius 2 is 2.09 bits per heavy atom. The molecule has 3 aromatic rings. The minimum absolute atomic E-state index is 0.0833. The van der Waals surface area contributed by atoms with Crippen LogP contribution in [0.25, 0.3) is 16.6 Å². The molecule has 2 N–H and O–H groups in total. The largest absolute Gasteiger partial charge is 0.351 e. The van der Waals surface area contributed by atoms with Gasteiger partial charge in [0.05, 0.1) is 11.4 Å². The molecular formula is C27H33N7O. The number of fused-ring (bicyclic) bond motifs is 1. The standard InChI is InChI=1S/C27H33N7O/c1-3-11-28-22(4-2)24-9-12-29-27(32-24)30-20-7-8-23-19(16-20)17-25(31-23)26(35)34-15-10-21(18-34)33-13-5-6-14-33/h4,7-9,11-12,16-17,21,31H,3,5-6,10,13-15,18H2,1-2H3,(H,29,30,32)/b22-4-,28-11?. The highest BCUT2D eigenvalue weighted by Gasteiger charge is 2.32. The van der Waals surface area contributed by atoms with E-state index in [1.54, 1.807) is 6.20 Å². The Kier molecular flexibility index (Phi) is 6.90. The molecule has 0 bridgehead atoms. The monoisotopic (exact) mass is 471 g/mol.